The maximum absolute atomic E-state index is 12.9. The molecule has 0 saturated carbocycles. The van der Waals surface area contributed by atoms with Crippen molar-refractivity contribution in [3.63, 3.8) is 0 Å². The van der Waals surface area contributed by atoms with Crippen LogP contribution in [0.2, 0.25) is 0 Å². The van der Waals surface area contributed by atoms with Crippen LogP contribution in [-0.2, 0) is 12.8 Å². The lowest BCUT2D eigenvalue weighted by Gasteiger charge is -2.07. The summed E-state index contributed by atoms with van der Waals surface area (Å²) in [7, 11) is 0. The summed E-state index contributed by atoms with van der Waals surface area (Å²) < 4.78 is 1.72. The SMILES string of the molecule is Cc1cc(-c2cccs2)nc2c(C(=O)Nc3ccc4c(c3)CCC4)cnn12. The van der Waals surface area contributed by atoms with Crippen molar-refractivity contribution in [2.24, 2.45) is 0 Å². The van der Waals surface area contributed by atoms with Gasteiger partial charge in [0, 0.05) is 11.4 Å². The van der Waals surface area contributed by atoms with Gasteiger partial charge < -0.3 is 5.32 Å². The van der Waals surface area contributed by atoms with Gasteiger partial charge in [-0.1, -0.05) is 12.1 Å². The van der Waals surface area contributed by atoms with E-state index in [2.05, 4.69) is 22.5 Å². The minimum absolute atomic E-state index is 0.182. The predicted molar refractivity (Wildman–Crippen MR) is 107 cm³/mol. The van der Waals surface area contributed by atoms with E-state index >= 15 is 0 Å². The van der Waals surface area contributed by atoms with E-state index in [1.807, 2.05) is 36.6 Å². The molecule has 0 fully saturated rings. The average Bonchev–Trinajstić information content (AvgIpc) is 3.41. The zero-order valence-corrected chi connectivity index (χ0v) is 15.7. The van der Waals surface area contributed by atoms with Crippen molar-refractivity contribution in [3.05, 3.63) is 70.4 Å². The van der Waals surface area contributed by atoms with E-state index in [-0.39, 0.29) is 5.91 Å². The average molecular weight is 374 g/mol. The summed E-state index contributed by atoms with van der Waals surface area (Å²) in [6.07, 6.45) is 5.00. The van der Waals surface area contributed by atoms with E-state index in [4.69, 9.17) is 4.98 Å². The molecule has 1 aliphatic carbocycles. The van der Waals surface area contributed by atoms with E-state index in [0.717, 1.165) is 34.8 Å². The van der Waals surface area contributed by atoms with E-state index < -0.39 is 0 Å². The van der Waals surface area contributed by atoms with Gasteiger partial charge in [-0.05, 0) is 67.0 Å². The number of amides is 1. The fraction of sp³-hybridized carbons (Fsp3) is 0.190. The summed E-state index contributed by atoms with van der Waals surface area (Å²) in [6.45, 7) is 1.97. The minimum Gasteiger partial charge on any atom is -0.322 e. The first-order valence-corrected chi connectivity index (χ1v) is 9.89. The Balaban J connectivity index is 1.51. The summed E-state index contributed by atoms with van der Waals surface area (Å²) in [6, 6.07) is 12.2. The molecule has 5 nitrogen and oxygen atoms in total. The number of carbonyl (C=O) groups excluding carboxylic acids is 1. The topological polar surface area (TPSA) is 59.3 Å². The second-order valence-electron chi connectivity index (χ2n) is 6.84. The van der Waals surface area contributed by atoms with E-state index in [1.54, 1.807) is 22.0 Å². The fourth-order valence-corrected chi connectivity index (χ4v) is 4.36. The molecule has 134 valence electrons. The summed E-state index contributed by atoms with van der Waals surface area (Å²) in [5, 5.41) is 9.39. The Labute approximate surface area is 160 Å². The van der Waals surface area contributed by atoms with Gasteiger partial charge in [0.1, 0.15) is 5.56 Å². The van der Waals surface area contributed by atoms with Crippen molar-refractivity contribution in [1.82, 2.24) is 14.6 Å². The molecule has 0 unspecified atom stereocenters. The third-order valence-corrected chi connectivity index (χ3v) is 5.92. The van der Waals surface area contributed by atoms with Gasteiger partial charge in [-0.2, -0.15) is 5.10 Å². The molecular weight excluding hydrogens is 356 g/mol. The fourth-order valence-electron chi connectivity index (χ4n) is 3.67. The number of hydrogen-bond acceptors (Lipinski definition) is 4. The second kappa shape index (κ2) is 6.32. The van der Waals surface area contributed by atoms with E-state index in [9.17, 15) is 4.79 Å². The van der Waals surface area contributed by atoms with Crippen LogP contribution in [0, 0.1) is 6.92 Å². The number of nitrogens with zero attached hydrogens (tertiary/aromatic N) is 3. The zero-order valence-electron chi connectivity index (χ0n) is 14.9. The molecule has 1 N–H and O–H groups in total. The Morgan fingerprint density at radius 3 is 2.93 bits per heavy atom. The minimum atomic E-state index is -0.182. The smallest absolute Gasteiger partial charge is 0.261 e. The summed E-state index contributed by atoms with van der Waals surface area (Å²) in [5.74, 6) is -0.182. The third kappa shape index (κ3) is 2.82. The Hall–Kier alpha value is -2.99. The van der Waals surface area contributed by atoms with Gasteiger partial charge in [0.05, 0.1) is 16.8 Å². The predicted octanol–water partition coefficient (Wildman–Crippen LogP) is 4.51. The molecule has 1 aliphatic rings. The van der Waals surface area contributed by atoms with Crippen LogP contribution in [0.1, 0.15) is 33.6 Å². The standard InChI is InChI=1S/C21H18N4OS/c1-13-10-18(19-6-3-9-27-19)24-20-17(12-22-25(13)20)21(26)23-16-8-7-14-4-2-5-15(14)11-16/h3,6-12H,2,4-5H2,1H3,(H,23,26). The first-order valence-electron chi connectivity index (χ1n) is 9.01. The molecule has 0 atom stereocenters. The maximum atomic E-state index is 12.9. The monoisotopic (exact) mass is 374 g/mol. The van der Waals surface area contributed by atoms with Crippen LogP contribution >= 0.6 is 11.3 Å². The Bertz CT molecular complexity index is 1160. The molecule has 1 amide bonds. The zero-order chi connectivity index (χ0) is 18.4. The summed E-state index contributed by atoms with van der Waals surface area (Å²) in [5.41, 5.74) is 6.42. The number of aryl methyl sites for hydroxylation is 3. The van der Waals surface area contributed by atoms with E-state index in [0.29, 0.717) is 11.2 Å². The van der Waals surface area contributed by atoms with Crippen molar-refractivity contribution < 1.29 is 4.79 Å². The number of hydrogen-bond donors (Lipinski definition) is 1. The molecule has 4 aromatic rings. The van der Waals surface area contributed by atoms with Gasteiger partial charge in [-0.25, -0.2) is 9.50 Å². The third-order valence-electron chi connectivity index (χ3n) is 5.02. The highest BCUT2D eigenvalue weighted by Crippen LogP contribution is 2.27. The van der Waals surface area contributed by atoms with Crippen LogP contribution in [0.25, 0.3) is 16.2 Å². The number of anilines is 1. The number of carbonyl (C=O) groups is 1. The van der Waals surface area contributed by atoms with Crippen molar-refractivity contribution >= 4 is 28.6 Å². The van der Waals surface area contributed by atoms with Gasteiger partial charge in [0.25, 0.3) is 5.91 Å². The Morgan fingerprint density at radius 1 is 1.19 bits per heavy atom. The summed E-state index contributed by atoms with van der Waals surface area (Å²) >= 11 is 1.63. The molecule has 3 aromatic heterocycles. The maximum Gasteiger partial charge on any atom is 0.261 e. The first kappa shape index (κ1) is 16.2. The molecule has 0 bridgehead atoms. The molecule has 3 heterocycles. The Morgan fingerprint density at radius 2 is 2.07 bits per heavy atom. The molecule has 0 radical (unpaired) electrons. The largest absolute Gasteiger partial charge is 0.322 e. The van der Waals surface area contributed by atoms with E-state index in [1.165, 1.54) is 17.5 Å². The number of benzene rings is 1. The number of fused-ring (bicyclic) bond motifs is 2. The molecule has 1 aromatic carbocycles. The lowest BCUT2D eigenvalue weighted by Crippen LogP contribution is -2.12. The second-order valence-corrected chi connectivity index (χ2v) is 7.79. The molecule has 0 aliphatic heterocycles. The highest BCUT2D eigenvalue weighted by molar-refractivity contribution is 7.13. The quantitative estimate of drug-likeness (QED) is 0.574. The van der Waals surface area contributed by atoms with Crippen LogP contribution in [0.3, 0.4) is 0 Å². The number of thiophene rings is 1. The number of nitrogens with one attached hydrogen (secondary N) is 1. The number of rotatable bonds is 3. The molecular formula is C21H18N4OS. The van der Waals surface area contributed by atoms with Crippen LogP contribution in [0.15, 0.2) is 48.0 Å². The van der Waals surface area contributed by atoms with Crippen LogP contribution in [0.4, 0.5) is 5.69 Å². The van der Waals surface area contributed by atoms with Crippen LogP contribution in [-0.4, -0.2) is 20.5 Å². The molecule has 0 spiro atoms. The lowest BCUT2D eigenvalue weighted by atomic mass is 10.1. The number of aromatic nitrogens is 3. The molecule has 0 saturated heterocycles. The van der Waals surface area contributed by atoms with Crippen molar-refractivity contribution in [1.29, 1.82) is 0 Å². The van der Waals surface area contributed by atoms with Crippen LogP contribution in [0.5, 0.6) is 0 Å². The van der Waals surface area contributed by atoms with Crippen molar-refractivity contribution in [2.75, 3.05) is 5.32 Å². The normalized spacial score (nSPS) is 13.1. The first-order chi connectivity index (χ1) is 13.2. The highest BCUT2D eigenvalue weighted by atomic mass is 32.1. The molecule has 27 heavy (non-hydrogen) atoms. The van der Waals surface area contributed by atoms with Crippen molar-refractivity contribution in [3.8, 4) is 10.6 Å². The van der Waals surface area contributed by atoms with Crippen LogP contribution < -0.4 is 5.32 Å². The van der Waals surface area contributed by atoms with Gasteiger partial charge in [0.2, 0.25) is 0 Å². The van der Waals surface area contributed by atoms with Gasteiger partial charge >= 0.3 is 0 Å². The lowest BCUT2D eigenvalue weighted by molar-refractivity contribution is 0.102. The van der Waals surface area contributed by atoms with Gasteiger partial charge in [-0.15, -0.1) is 11.3 Å². The van der Waals surface area contributed by atoms with Gasteiger partial charge in [-0.3, -0.25) is 4.79 Å². The van der Waals surface area contributed by atoms with Crippen molar-refractivity contribution in [2.45, 2.75) is 26.2 Å². The molecule has 5 rings (SSSR count). The van der Waals surface area contributed by atoms with Gasteiger partial charge in [0.15, 0.2) is 5.65 Å². The molecule has 6 heteroatoms. The summed E-state index contributed by atoms with van der Waals surface area (Å²) in [4.78, 5) is 18.7. The highest BCUT2D eigenvalue weighted by Gasteiger charge is 2.18. The Kier molecular flexibility index (Phi) is 3.79.